The Morgan fingerprint density at radius 1 is 1.15 bits per heavy atom. The highest BCUT2D eigenvalue weighted by molar-refractivity contribution is 14.1. The maximum atomic E-state index is 12.6. The van der Waals surface area contributed by atoms with E-state index < -0.39 is 5.79 Å². The van der Waals surface area contributed by atoms with Crippen LogP contribution in [0.3, 0.4) is 0 Å². The standard InChI is InChI=1S/C27H25ClIN5O4S/c1-27(2)37-20-18(13-36-25(35)16-8-4-3-5-9-16)39-24(21(20)38-27)34-14-31-19-22(32-26(28)33-23(19)34)30-12-15-7-6-10-17(29)11-15/h3-11,14,18,20-21,24H,12-13H2,1-2H3,(H,30,32,33)/t18-,20-,21-,24-/m1/s1. The number of fused-ring (bicyclic) bond motifs is 2. The summed E-state index contributed by atoms with van der Waals surface area (Å²) in [4.78, 5) is 26.2. The zero-order valence-electron chi connectivity index (χ0n) is 21.1. The summed E-state index contributed by atoms with van der Waals surface area (Å²) in [6.45, 7) is 4.52. The minimum absolute atomic E-state index is 0.117. The van der Waals surface area contributed by atoms with E-state index in [4.69, 9.17) is 25.8 Å². The van der Waals surface area contributed by atoms with Crippen molar-refractivity contribution in [3.8, 4) is 0 Å². The third kappa shape index (κ3) is 5.60. The summed E-state index contributed by atoms with van der Waals surface area (Å²) >= 11 is 10.3. The number of hydrogen-bond acceptors (Lipinski definition) is 9. The molecule has 0 radical (unpaired) electrons. The average molecular weight is 678 g/mol. The zero-order chi connectivity index (χ0) is 27.1. The fourth-order valence-corrected chi connectivity index (χ4v) is 7.16. The molecule has 39 heavy (non-hydrogen) atoms. The van der Waals surface area contributed by atoms with Crippen molar-refractivity contribution in [2.45, 2.75) is 49.0 Å². The van der Waals surface area contributed by atoms with Crippen molar-refractivity contribution < 1.29 is 19.0 Å². The summed E-state index contributed by atoms with van der Waals surface area (Å²) in [6, 6.07) is 17.2. The number of aromatic nitrogens is 4. The van der Waals surface area contributed by atoms with E-state index in [0.29, 0.717) is 29.1 Å². The number of esters is 1. The molecule has 2 aromatic heterocycles. The number of thioether (sulfide) groups is 1. The Hall–Kier alpha value is -2.45. The molecule has 2 aliphatic heterocycles. The van der Waals surface area contributed by atoms with Crippen molar-refractivity contribution in [2.24, 2.45) is 0 Å². The fraction of sp³-hybridized carbons (Fsp3) is 0.333. The Bertz CT molecular complexity index is 1520. The van der Waals surface area contributed by atoms with Gasteiger partial charge in [0, 0.05) is 10.1 Å². The molecule has 202 valence electrons. The van der Waals surface area contributed by atoms with E-state index in [2.05, 4.69) is 48.9 Å². The topological polar surface area (TPSA) is 100 Å². The van der Waals surface area contributed by atoms with E-state index >= 15 is 0 Å². The molecule has 2 aromatic carbocycles. The van der Waals surface area contributed by atoms with Crippen molar-refractivity contribution >= 4 is 68.9 Å². The largest absolute Gasteiger partial charge is 0.461 e. The number of imidazole rings is 1. The summed E-state index contributed by atoms with van der Waals surface area (Å²) in [5, 5.41) is 3.10. The number of carbonyl (C=O) groups is 1. The minimum Gasteiger partial charge on any atom is -0.461 e. The lowest BCUT2D eigenvalue weighted by Gasteiger charge is -2.24. The molecule has 4 heterocycles. The van der Waals surface area contributed by atoms with Crippen LogP contribution in [0.5, 0.6) is 0 Å². The SMILES string of the molecule is CC1(C)O[C@@H]2[C@H](O1)[C@@H](COC(=O)c1ccccc1)S[C@H]2n1cnc2c(NCc3cccc(I)c3)nc(Cl)nc21. The predicted octanol–water partition coefficient (Wildman–Crippen LogP) is 5.69. The summed E-state index contributed by atoms with van der Waals surface area (Å²) in [5.74, 6) is -0.593. The summed E-state index contributed by atoms with van der Waals surface area (Å²) < 4.78 is 21.4. The Morgan fingerprint density at radius 3 is 2.74 bits per heavy atom. The predicted molar refractivity (Wildman–Crippen MR) is 158 cm³/mol. The Morgan fingerprint density at radius 2 is 1.95 bits per heavy atom. The van der Waals surface area contributed by atoms with Gasteiger partial charge in [-0.3, -0.25) is 4.57 Å². The summed E-state index contributed by atoms with van der Waals surface area (Å²) in [5.41, 5.74) is 2.82. The third-order valence-electron chi connectivity index (χ3n) is 6.53. The van der Waals surface area contributed by atoms with Crippen molar-refractivity contribution in [2.75, 3.05) is 11.9 Å². The number of nitrogens with zero attached hydrogens (tertiary/aromatic N) is 4. The van der Waals surface area contributed by atoms with Crippen LogP contribution in [0.1, 0.15) is 35.1 Å². The molecule has 2 saturated heterocycles. The maximum absolute atomic E-state index is 12.6. The van der Waals surface area contributed by atoms with Gasteiger partial charge in [0.25, 0.3) is 0 Å². The van der Waals surface area contributed by atoms with Gasteiger partial charge in [0.2, 0.25) is 5.28 Å². The summed E-state index contributed by atoms with van der Waals surface area (Å²) in [7, 11) is 0. The second kappa shape index (κ2) is 10.8. The zero-order valence-corrected chi connectivity index (χ0v) is 24.8. The summed E-state index contributed by atoms with van der Waals surface area (Å²) in [6.07, 6.45) is 1.14. The van der Waals surface area contributed by atoms with Crippen LogP contribution in [0, 0.1) is 3.57 Å². The van der Waals surface area contributed by atoms with Crippen molar-refractivity contribution in [3.63, 3.8) is 0 Å². The van der Waals surface area contributed by atoms with E-state index in [0.717, 1.165) is 9.13 Å². The van der Waals surface area contributed by atoms with Gasteiger partial charge >= 0.3 is 5.97 Å². The van der Waals surface area contributed by atoms with Crippen LogP contribution in [-0.4, -0.2) is 55.3 Å². The van der Waals surface area contributed by atoms with Gasteiger partial charge < -0.3 is 19.5 Å². The highest BCUT2D eigenvalue weighted by Gasteiger charge is 2.56. The Kier molecular flexibility index (Phi) is 7.44. The van der Waals surface area contributed by atoms with E-state index in [1.165, 1.54) is 0 Å². The molecule has 0 amide bonds. The molecule has 6 rings (SSSR count). The minimum atomic E-state index is -0.779. The smallest absolute Gasteiger partial charge is 0.338 e. The molecule has 0 saturated carbocycles. The van der Waals surface area contributed by atoms with E-state index in [-0.39, 0.29) is 40.7 Å². The number of halogens is 2. The average Bonchev–Trinajstić information content (AvgIpc) is 3.57. The normalized spacial score (nSPS) is 23.6. The van der Waals surface area contributed by atoms with Gasteiger partial charge in [0.15, 0.2) is 22.8 Å². The van der Waals surface area contributed by atoms with Crippen LogP contribution in [0.2, 0.25) is 5.28 Å². The van der Waals surface area contributed by atoms with Crippen molar-refractivity contribution in [1.29, 1.82) is 0 Å². The molecular formula is C27H25ClIN5O4S. The van der Waals surface area contributed by atoms with Crippen LogP contribution in [0.4, 0.5) is 5.82 Å². The molecule has 9 nitrogen and oxygen atoms in total. The molecule has 0 aliphatic carbocycles. The molecule has 12 heteroatoms. The van der Waals surface area contributed by atoms with Gasteiger partial charge in [-0.05, 0) is 77.9 Å². The lowest BCUT2D eigenvalue weighted by molar-refractivity contribution is -0.149. The second-order valence-corrected chi connectivity index (χ2v) is 12.7. The number of ether oxygens (including phenoxy) is 3. The molecule has 0 bridgehead atoms. The molecule has 4 aromatic rings. The van der Waals surface area contributed by atoms with E-state index in [9.17, 15) is 4.79 Å². The fourth-order valence-electron chi connectivity index (χ4n) is 4.86. The van der Waals surface area contributed by atoms with Crippen LogP contribution in [-0.2, 0) is 20.8 Å². The first-order valence-corrected chi connectivity index (χ1v) is 14.8. The maximum Gasteiger partial charge on any atom is 0.338 e. The first-order chi connectivity index (χ1) is 18.8. The number of anilines is 1. The van der Waals surface area contributed by atoms with Gasteiger partial charge in [-0.15, -0.1) is 11.8 Å². The Labute approximate surface area is 248 Å². The third-order valence-corrected chi connectivity index (χ3v) is 8.90. The molecule has 1 N–H and O–H groups in total. The van der Waals surface area contributed by atoms with Crippen LogP contribution >= 0.6 is 46.0 Å². The molecule has 0 unspecified atom stereocenters. The first-order valence-electron chi connectivity index (χ1n) is 12.4. The van der Waals surface area contributed by atoms with Crippen LogP contribution in [0.15, 0.2) is 60.9 Å². The highest BCUT2D eigenvalue weighted by Crippen LogP contribution is 2.51. The number of rotatable bonds is 7. The van der Waals surface area contributed by atoms with Gasteiger partial charge in [0.1, 0.15) is 24.2 Å². The molecule has 0 spiro atoms. The first kappa shape index (κ1) is 26.8. The number of nitrogens with one attached hydrogen (secondary N) is 1. The number of benzene rings is 2. The number of hydrogen-bond donors (Lipinski definition) is 1. The van der Waals surface area contributed by atoms with Crippen LogP contribution in [0.25, 0.3) is 11.2 Å². The van der Waals surface area contributed by atoms with Gasteiger partial charge in [-0.2, -0.15) is 9.97 Å². The molecule has 4 atom stereocenters. The van der Waals surface area contributed by atoms with Gasteiger partial charge in [-0.25, -0.2) is 9.78 Å². The van der Waals surface area contributed by atoms with Crippen LogP contribution < -0.4 is 5.32 Å². The monoisotopic (exact) mass is 677 g/mol. The lowest BCUT2D eigenvalue weighted by atomic mass is 10.1. The van der Waals surface area contributed by atoms with E-state index in [1.807, 2.05) is 54.8 Å². The highest BCUT2D eigenvalue weighted by atomic mass is 127. The van der Waals surface area contributed by atoms with Gasteiger partial charge in [-0.1, -0.05) is 30.3 Å². The lowest BCUT2D eigenvalue weighted by Crippen LogP contribution is -2.32. The quantitative estimate of drug-likeness (QED) is 0.150. The molecule has 2 fully saturated rings. The van der Waals surface area contributed by atoms with Gasteiger partial charge in [0.05, 0.1) is 17.1 Å². The molecule has 2 aliphatic rings. The molecular weight excluding hydrogens is 653 g/mol. The van der Waals surface area contributed by atoms with E-state index in [1.54, 1.807) is 30.2 Å². The second-order valence-electron chi connectivity index (χ2n) is 9.74. The van der Waals surface area contributed by atoms with Crippen molar-refractivity contribution in [1.82, 2.24) is 19.5 Å². The number of carbonyl (C=O) groups excluding carboxylic acids is 1. The van der Waals surface area contributed by atoms with Crippen molar-refractivity contribution in [3.05, 3.63) is 80.9 Å². The Balaban J connectivity index is 1.25.